The van der Waals surface area contributed by atoms with Crippen LogP contribution in [-0.4, -0.2) is 183 Å². The van der Waals surface area contributed by atoms with E-state index >= 15 is 0 Å². The smallest absolute Gasteiger partial charge is 0.305 e. The van der Waals surface area contributed by atoms with Gasteiger partial charge in [0.2, 0.25) is 0 Å². The number of aliphatic carboxylic acids is 1. The number of carboxylic acids is 1. The first kappa shape index (κ1) is 48.0. The average Bonchev–Trinajstić information content (AvgIpc) is 3.10. The summed E-state index contributed by atoms with van der Waals surface area (Å²) in [6.07, 6.45) is 6.25. The van der Waals surface area contributed by atoms with E-state index in [2.05, 4.69) is 6.92 Å². The fraction of sp³-hybridized carbons (Fsp3) is 0.971. The van der Waals surface area contributed by atoms with E-state index in [0.29, 0.717) is 159 Å². The zero-order chi connectivity index (χ0) is 35.4. The Hall–Kier alpha value is -1.05. The van der Waals surface area contributed by atoms with Crippen LogP contribution >= 0.6 is 0 Å². The Kier molecular flexibility index (Phi) is 44.0. The third-order valence-corrected chi connectivity index (χ3v) is 6.32. The Labute approximate surface area is 294 Å². The van der Waals surface area contributed by atoms with Crippen LogP contribution in [0.2, 0.25) is 0 Å². The van der Waals surface area contributed by atoms with Crippen LogP contribution in [0, 0.1) is 0 Å². The maximum Gasteiger partial charge on any atom is 0.305 e. The summed E-state index contributed by atoms with van der Waals surface area (Å²) in [5.74, 6) is -0.874. The van der Waals surface area contributed by atoms with Crippen molar-refractivity contribution in [3.05, 3.63) is 0 Å². The molecule has 0 amide bonds. The highest BCUT2D eigenvalue weighted by atomic mass is 16.6. The summed E-state index contributed by atoms with van der Waals surface area (Å²) in [7, 11) is 0. The normalized spacial score (nSPS) is 11.5. The van der Waals surface area contributed by atoms with Crippen molar-refractivity contribution < 1.29 is 71.5 Å². The van der Waals surface area contributed by atoms with Crippen molar-refractivity contribution in [3.63, 3.8) is 0 Å². The summed E-state index contributed by atoms with van der Waals surface area (Å²) in [4.78, 5) is 10.3. The van der Waals surface area contributed by atoms with Gasteiger partial charge < -0.3 is 66.7 Å². The van der Waals surface area contributed by atoms with Crippen molar-refractivity contribution in [1.29, 1.82) is 0 Å². The zero-order valence-corrected chi connectivity index (χ0v) is 30.3. The van der Waals surface area contributed by atoms with Crippen LogP contribution in [0.1, 0.15) is 45.4 Å². The van der Waals surface area contributed by atoms with Crippen molar-refractivity contribution >= 4 is 5.97 Å². The summed E-state index contributed by atoms with van der Waals surface area (Å²) in [6, 6.07) is 0. The monoisotopic (exact) mass is 716 g/mol. The molecule has 294 valence electrons. The lowest BCUT2D eigenvalue weighted by Crippen LogP contribution is -2.15. The standard InChI is InChI=1S/C34H68O15/c1-2-3-4-5-6-8-37-10-12-39-14-16-41-18-20-43-22-24-45-26-28-47-30-32-49-33-31-48-29-27-46-25-23-44-21-19-42-17-15-40-13-11-38-9-7-34(35)36/h2-33H2,1H3,(H,35,36). The van der Waals surface area contributed by atoms with E-state index < -0.39 is 5.97 Å². The minimum Gasteiger partial charge on any atom is -0.481 e. The van der Waals surface area contributed by atoms with Gasteiger partial charge in [0.05, 0.1) is 172 Å². The van der Waals surface area contributed by atoms with E-state index in [4.69, 9.17) is 66.7 Å². The third kappa shape index (κ3) is 46.9. The number of carbonyl (C=O) groups is 1. The van der Waals surface area contributed by atoms with Gasteiger partial charge in [0.1, 0.15) is 0 Å². The summed E-state index contributed by atoms with van der Waals surface area (Å²) < 4.78 is 70.7. The number of ether oxygens (including phenoxy) is 13. The van der Waals surface area contributed by atoms with Gasteiger partial charge in [0.15, 0.2) is 0 Å². The predicted octanol–water partition coefficient (Wildman–Crippen LogP) is 2.65. The Balaban J connectivity index is 3.05. The molecule has 0 aromatic carbocycles. The molecule has 0 heterocycles. The van der Waals surface area contributed by atoms with Gasteiger partial charge in [0.25, 0.3) is 0 Å². The molecule has 0 rings (SSSR count). The van der Waals surface area contributed by atoms with Crippen LogP contribution in [0.5, 0.6) is 0 Å². The second-order valence-electron chi connectivity index (χ2n) is 10.5. The fourth-order valence-electron chi connectivity index (χ4n) is 3.71. The lowest BCUT2D eigenvalue weighted by atomic mass is 10.2. The molecular weight excluding hydrogens is 648 g/mol. The predicted molar refractivity (Wildman–Crippen MR) is 182 cm³/mol. The van der Waals surface area contributed by atoms with Gasteiger partial charge in [0, 0.05) is 6.61 Å². The molecule has 15 nitrogen and oxygen atoms in total. The van der Waals surface area contributed by atoms with E-state index in [9.17, 15) is 4.79 Å². The molecule has 0 atom stereocenters. The molecule has 0 spiro atoms. The first-order valence-electron chi connectivity index (χ1n) is 18.0. The number of rotatable bonds is 45. The minimum absolute atomic E-state index is 0.00210. The van der Waals surface area contributed by atoms with Crippen LogP contribution in [0.3, 0.4) is 0 Å². The molecule has 0 saturated carbocycles. The van der Waals surface area contributed by atoms with Crippen molar-refractivity contribution in [2.45, 2.75) is 45.4 Å². The number of hydrogen-bond acceptors (Lipinski definition) is 14. The number of unbranched alkanes of at least 4 members (excludes halogenated alkanes) is 4. The summed E-state index contributed by atoms with van der Waals surface area (Å²) in [5, 5.41) is 8.49. The fourth-order valence-corrected chi connectivity index (χ4v) is 3.71. The maximum atomic E-state index is 10.3. The van der Waals surface area contributed by atoms with Gasteiger partial charge in [-0.1, -0.05) is 32.6 Å². The molecule has 0 fully saturated rings. The summed E-state index contributed by atoms with van der Waals surface area (Å²) in [6.45, 7) is 15.3. The van der Waals surface area contributed by atoms with Crippen LogP contribution in [0.25, 0.3) is 0 Å². The quantitative estimate of drug-likeness (QED) is 0.0917. The van der Waals surface area contributed by atoms with Crippen LogP contribution in [0.15, 0.2) is 0 Å². The molecule has 0 aliphatic heterocycles. The molecule has 0 saturated heterocycles. The molecule has 0 bridgehead atoms. The lowest BCUT2D eigenvalue weighted by molar-refractivity contribution is -0.138. The Morgan fingerprint density at radius 1 is 0.306 bits per heavy atom. The molecule has 0 aliphatic carbocycles. The van der Waals surface area contributed by atoms with Gasteiger partial charge in [-0.2, -0.15) is 0 Å². The second-order valence-corrected chi connectivity index (χ2v) is 10.5. The Morgan fingerprint density at radius 3 is 0.735 bits per heavy atom. The van der Waals surface area contributed by atoms with Crippen molar-refractivity contribution in [2.24, 2.45) is 0 Å². The average molecular weight is 717 g/mol. The molecule has 15 heteroatoms. The van der Waals surface area contributed by atoms with Gasteiger partial charge in [-0.15, -0.1) is 0 Å². The lowest BCUT2D eigenvalue weighted by Gasteiger charge is -2.09. The van der Waals surface area contributed by atoms with E-state index in [-0.39, 0.29) is 13.0 Å². The number of hydrogen-bond donors (Lipinski definition) is 1. The zero-order valence-electron chi connectivity index (χ0n) is 30.3. The Morgan fingerprint density at radius 2 is 0.510 bits per heavy atom. The molecule has 0 aromatic heterocycles. The first-order valence-corrected chi connectivity index (χ1v) is 18.0. The van der Waals surface area contributed by atoms with Gasteiger partial charge in [-0.25, -0.2) is 0 Å². The van der Waals surface area contributed by atoms with Gasteiger partial charge >= 0.3 is 5.97 Å². The van der Waals surface area contributed by atoms with Crippen LogP contribution < -0.4 is 0 Å². The van der Waals surface area contributed by atoms with Crippen LogP contribution in [-0.2, 0) is 66.4 Å². The highest BCUT2D eigenvalue weighted by Gasteiger charge is 1.98. The topological polar surface area (TPSA) is 157 Å². The van der Waals surface area contributed by atoms with E-state index in [1.54, 1.807) is 0 Å². The van der Waals surface area contributed by atoms with E-state index in [1.807, 2.05) is 0 Å². The highest BCUT2D eigenvalue weighted by molar-refractivity contribution is 5.66. The molecule has 0 unspecified atom stereocenters. The van der Waals surface area contributed by atoms with Crippen molar-refractivity contribution in [2.75, 3.05) is 172 Å². The van der Waals surface area contributed by atoms with Crippen LogP contribution in [0.4, 0.5) is 0 Å². The maximum absolute atomic E-state index is 10.3. The van der Waals surface area contributed by atoms with E-state index in [1.165, 1.54) is 25.7 Å². The highest BCUT2D eigenvalue weighted by Crippen LogP contribution is 2.02. The van der Waals surface area contributed by atoms with E-state index in [0.717, 1.165) is 13.0 Å². The molecule has 0 radical (unpaired) electrons. The van der Waals surface area contributed by atoms with Crippen molar-refractivity contribution in [1.82, 2.24) is 0 Å². The summed E-state index contributed by atoms with van der Waals surface area (Å²) >= 11 is 0. The van der Waals surface area contributed by atoms with Gasteiger partial charge in [-0.05, 0) is 6.42 Å². The molecule has 1 N–H and O–H groups in total. The minimum atomic E-state index is -0.874. The second kappa shape index (κ2) is 45.0. The Bertz CT molecular complexity index is 618. The first-order chi connectivity index (χ1) is 24.3. The third-order valence-electron chi connectivity index (χ3n) is 6.32. The summed E-state index contributed by atoms with van der Waals surface area (Å²) in [5.41, 5.74) is 0. The van der Waals surface area contributed by atoms with Gasteiger partial charge in [-0.3, -0.25) is 4.79 Å². The molecule has 0 aliphatic rings. The molecular formula is C34H68O15. The number of carboxylic acid groups (broad SMARTS) is 1. The largest absolute Gasteiger partial charge is 0.481 e. The van der Waals surface area contributed by atoms with Crippen molar-refractivity contribution in [3.8, 4) is 0 Å². The molecule has 49 heavy (non-hydrogen) atoms. The molecule has 0 aromatic rings. The SMILES string of the molecule is CCCCCCCOCCOCCOCCOCCOCCOCCOCCOCCOCCOCCOCCOCCOCCC(=O)O.